The fourth-order valence-electron chi connectivity index (χ4n) is 4.93. The lowest BCUT2D eigenvalue weighted by molar-refractivity contribution is -0.135. The van der Waals surface area contributed by atoms with E-state index in [9.17, 15) is 9.59 Å². The first-order valence-corrected chi connectivity index (χ1v) is 11.8. The summed E-state index contributed by atoms with van der Waals surface area (Å²) in [5.41, 5.74) is 1.37. The third-order valence-electron chi connectivity index (χ3n) is 6.80. The molecule has 0 unspecified atom stereocenters. The first kappa shape index (κ1) is 24.0. The number of benzene rings is 2. The van der Waals surface area contributed by atoms with Crippen molar-refractivity contribution in [1.29, 1.82) is 0 Å². The summed E-state index contributed by atoms with van der Waals surface area (Å²) in [7, 11) is 3.24. The second-order valence-electron chi connectivity index (χ2n) is 8.78. The van der Waals surface area contributed by atoms with E-state index in [0.717, 1.165) is 30.9 Å². The summed E-state index contributed by atoms with van der Waals surface area (Å²) in [6, 6.07) is 17.8. The molecule has 3 amide bonds. The van der Waals surface area contributed by atoms with Crippen LogP contribution in [0.5, 0.6) is 5.75 Å². The maximum atomic E-state index is 13.6. The first-order chi connectivity index (χ1) is 16.6. The fourth-order valence-corrected chi connectivity index (χ4v) is 4.93. The predicted molar refractivity (Wildman–Crippen MR) is 131 cm³/mol. The monoisotopic (exact) mass is 463 g/mol. The highest BCUT2D eigenvalue weighted by molar-refractivity contribution is 6.07. The number of nitrogens with zero attached hydrogens (tertiary/aromatic N) is 3. The number of carbonyl (C=O) groups is 2. The third-order valence-corrected chi connectivity index (χ3v) is 6.80. The highest BCUT2D eigenvalue weighted by Gasteiger charge is 2.57. The molecular weight excluding hydrogens is 430 g/mol. The normalized spacial score (nSPS) is 18.4. The molecule has 2 saturated heterocycles. The third kappa shape index (κ3) is 4.86. The maximum absolute atomic E-state index is 13.6. The number of para-hydroxylation sites is 1. The number of hydrogen-bond donors (Lipinski definition) is 0. The second-order valence-corrected chi connectivity index (χ2v) is 8.78. The zero-order valence-electron chi connectivity index (χ0n) is 20.0. The number of ether oxygens (including phenoxy) is 2. The van der Waals surface area contributed by atoms with Crippen LogP contribution < -0.4 is 4.74 Å². The van der Waals surface area contributed by atoms with Crippen LogP contribution in [0.15, 0.2) is 60.7 Å². The van der Waals surface area contributed by atoms with E-state index < -0.39 is 5.54 Å². The van der Waals surface area contributed by atoms with E-state index in [0.29, 0.717) is 26.0 Å². The van der Waals surface area contributed by atoms with E-state index in [4.69, 9.17) is 9.47 Å². The van der Waals surface area contributed by atoms with Crippen LogP contribution in [0.1, 0.15) is 24.0 Å². The Morgan fingerprint density at radius 1 is 0.971 bits per heavy atom. The van der Waals surface area contributed by atoms with Crippen LogP contribution in [0.3, 0.4) is 0 Å². The summed E-state index contributed by atoms with van der Waals surface area (Å²) in [6.07, 6.45) is 5.00. The van der Waals surface area contributed by atoms with Crippen LogP contribution in [0.4, 0.5) is 4.79 Å². The van der Waals surface area contributed by atoms with E-state index in [1.54, 1.807) is 19.1 Å². The van der Waals surface area contributed by atoms with Crippen molar-refractivity contribution in [3.8, 4) is 5.75 Å². The summed E-state index contributed by atoms with van der Waals surface area (Å²) in [6.45, 7) is 3.42. The number of rotatable bonds is 9. The van der Waals surface area contributed by atoms with Gasteiger partial charge in [-0.05, 0) is 24.5 Å². The van der Waals surface area contributed by atoms with Gasteiger partial charge in [0.15, 0.2) is 0 Å². The lowest BCUT2D eigenvalue weighted by atomic mass is 9.85. The van der Waals surface area contributed by atoms with Crippen LogP contribution in [0.2, 0.25) is 0 Å². The smallest absolute Gasteiger partial charge is 0.328 e. The van der Waals surface area contributed by atoms with Gasteiger partial charge in [-0.3, -0.25) is 14.6 Å². The molecule has 34 heavy (non-hydrogen) atoms. The van der Waals surface area contributed by atoms with Crippen LogP contribution >= 0.6 is 0 Å². The molecule has 2 heterocycles. The minimum atomic E-state index is -0.791. The summed E-state index contributed by atoms with van der Waals surface area (Å²) < 4.78 is 10.6. The molecule has 4 rings (SSSR count). The summed E-state index contributed by atoms with van der Waals surface area (Å²) in [5, 5.41) is 0. The predicted octanol–water partition coefficient (Wildman–Crippen LogP) is 3.65. The van der Waals surface area contributed by atoms with Gasteiger partial charge in [0.2, 0.25) is 0 Å². The van der Waals surface area contributed by atoms with Crippen molar-refractivity contribution >= 4 is 18.0 Å². The summed E-state index contributed by atoms with van der Waals surface area (Å²) in [5.74, 6) is 0.652. The number of carbonyl (C=O) groups excluding carboxylic acids is 2. The van der Waals surface area contributed by atoms with E-state index >= 15 is 0 Å². The highest BCUT2D eigenvalue weighted by atomic mass is 16.5. The molecule has 0 radical (unpaired) electrons. The second kappa shape index (κ2) is 10.8. The zero-order valence-corrected chi connectivity index (χ0v) is 20.0. The number of imide groups is 1. The molecule has 0 aromatic heterocycles. The SMILES string of the molecule is COCCN1C(=O)N(C/C=C/c2ccccc2OC)C(=O)C12CCN(Cc1ccccc1)CC2. The van der Waals surface area contributed by atoms with Crippen molar-refractivity contribution in [2.75, 3.05) is 47.0 Å². The van der Waals surface area contributed by atoms with Gasteiger partial charge in [0.05, 0.1) is 13.7 Å². The van der Waals surface area contributed by atoms with Gasteiger partial charge in [-0.1, -0.05) is 60.7 Å². The van der Waals surface area contributed by atoms with Gasteiger partial charge >= 0.3 is 6.03 Å². The van der Waals surface area contributed by atoms with Gasteiger partial charge in [0, 0.05) is 45.4 Å². The maximum Gasteiger partial charge on any atom is 0.328 e. The van der Waals surface area contributed by atoms with E-state index in [-0.39, 0.29) is 18.5 Å². The first-order valence-electron chi connectivity index (χ1n) is 11.8. The van der Waals surface area contributed by atoms with Crippen molar-refractivity contribution in [3.05, 3.63) is 71.8 Å². The fraction of sp³-hybridized carbons (Fsp3) is 0.407. The molecule has 2 aliphatic heterocycles. The van der Waals surface area contributed by atoms with E-state index in [1.165, 1.54) is 10.5 Å². The van der Waals surface area contributed by atoms with Crippen LogP contribution in [-0.4, -0.2) is 79.2 Å². The average molecular weight is 464 g/mol. The van der Waals surface area contributed by atoms with Gasteiger partial charge in [0.1, 0.15) is 11.3 Å². The Labute approximate surface area is 201 Å². The molecular formula is C27H33N3O4. The molecule has 0 atom stereocenters. The molecule has 1 spiro atoms. The van der Waals surface area contributed by atoms with Gasteiger partial charge in [-0.2, -0.15) is 0 Å². The summed E-state index contributed by atoms with van der Waals surface area (Å²) in [4.78, 5) is 32.5. The number of hydrogen-bond acceptors (Lipinski definition) is 5. The molecule has 2 aromatic carbocycles. The van der Waals surface area contributed by atoms with Crippen molar-refractivity contribution in [3.63, 3.8) is 0 Å². The van der Waals surface area contributed by atoms with E-state index in [1.807, 2.05) is 54.6 Å². The molecule has 0 bridgehead atoms. The van der Waals surface area contributed by atoms with Crippen molar-refractivity contribution in [2.24, 2.45) is 0 Å². The molecule has 0 saturated carbocycles. The molecule has 0 aliphatic carbocycles. The summed E-state index contributed by atoms with van der Waals surface area (Å²) >= 11 is 0. The number of likely N-dealkylation sites (tertiary alicyclic amines) is 1. The minimum Gasteiger partial charge on any atom is -0.496 e. The molecule has 0 N–H and O–H groups in total. The molecule has 2 aliphatic rings. The van der Waals surface area contributed by atoms with Crippen LogP contribution in [0, 0.1) is 0 Å². The van der Waals surface area contributed by atoms with Gasteiger partial charge in [-0.15, -0.1) is 0 Å². The quantitative estimate of drug-likeness (QED) is 0.531. The molecule has 2 fully saturated rings. The number of amides is 3. The topological polar surface area (TPSA) is 62.3 Å². The number of methoxy groups -OCH3 is 2. The lowest BCUT2D eigenvalue weighted by Gasteiger charge is -2.42. The van der Waals surface area contributed by atoms with Gasteiger partial charge in [0.25, 0.3) is 5.91 Å². The zero-order chi connectivity index (χ0) is 24.0. The van der Waals surface area contributed by atoms with E-state index in [2.05, 4.69) is 17.0 Å². The largest absolute Gasteiger partial charge is 0.496 e. The standard InChI is InChI=1S/C27H33N3O4/c1-33-20-19-30-26(32)29(16-8-12-23-11-6-7-13-24(23)34-2)25(31)27(30)14-17-28(18-15-27)21-22-9-4-3-5-10-22/h3-13H,14-21H2,1-2H3/b12-8+. The van der Waals surface area contributed by atoms with Crippen LogP contribution in [0.25, 0.3) is 6.08 Å². The van der Waals surface area contributed by atoms with Crippen molar-refractivity contribution < 1.29 is 19.1 Å². The van der Waals surface area contributed by atoms with Crippen molar-refractivity contribution in [2.45, 2.75) is 24.9 Å². The van der Waals surface area contributed by atoms with Gasteiger partial charge in [-0.25, -0.2) is 4.79 Å². The van der Waals surface area contributed by atoms with Crippen molar-refractivity contribution in [1.82, 2.24) is 14.7 Å². The number of piperidine rings is 1. The Balaban J connectivity index is 1.47. The lowest BCUT2D eigenvalue weighted by Crippen LogP contribution is -2.57. The molecule has 7 nitrogen and oxygen atoms in total. The molecule has 180 valence electrons. The highest BCUT2D eigenvalue weighted by Crippen LogP contribution is 2.37. The Hall–Kier alpha value is -3.16. The molecule has 2 aromatic rings. The van der Waals surface area contributed by atoms with Gasteiger partial charge < -0.3 is 14.4 Å². The molecule has 7 heteroatoms. The minimum absolute atomic E-state index is 0.0994. The average Bonchev–Trinajstić information content (AvgIpc) is 3.06. The Morgan fingerprint density at radius 3 is 2.38 bits per heavy atom. The Bertz CT molecular complexity index is 1020. The Kier molecular flexibility index (Phi) is 7.65. The Morgan fingerprint density at radius 2 is 1.68 bits per heavy atom. The number of urea groups is 1. The van der Waals surface area contributed by atoms with Crippen LogP contribution in [-0.2, 0) is 16.1 Å².